The zero-order valence-corrected chi connectivity index (χ0v) is 15.1. The number of hydrogen-bond donors (Lipinski definition) is 1. The second-order valence-electron chi connectivity index (χ2n) is 5.07. The molecule has 2 rings (SSSR count). The highest BCUT2D eigenvalue weighted by atomic mass is 79.9. The maximum atomic E-state index is 6.27. The topological polar surface area (TPSA) is 25.2 Å². The zero-order valence-electron chi connectivity index (χ0n) is 12.1. The Labute approximate surface area is 143 Å². The summed E-state index contributed by atoms with van der Waals surface area (Å²) in [6, 6.07) is 7.91. The van der Waals surface area contributed by atoms with Gasteiger partial charge in [-0.2, -0.15) is 0 Å². The number of rotatable bonds is 6. The quantitative estimate of drug-likeness (QED) is 0.659. The number of hydrogen-bond acceptors (Lipinski definition) is 2. The smallest absolute Gasteiger partial charge is 0.137 e. The van der Waals surface area contributed by atoms with E-state index >= 15 is 0 Å². The second kappa shape index (κ2) is 7.68. The summed E-state index contributed by atoms with van der Waals surface area (Å²) in [5.41, 5.74) is 0.738. The molecule has 1 heterocycles. The number of furan rings is 1. The molecule has 0 bridgehead atoms. The molecule has 2 aromatic rings. The van der Waals surface area contributed by atoms with E-state index in [1.165, 1.54) is 0 Å². The molecule has 0 aliphatic heterocycles. The molecule has 1 atom stereocenters. The molecular formula is C16H18BrCl2NO. The van der Waals surface area contributed by atoms with E-state index in [9.17, 15) is 0 Å². The van der Waals surface area contributed by atoms with E-state index in [-0.39, 0.29) is 0 Å². The molecule has 1 aromatic heterocycles. The lowest BCUT2D eigenvalue weighted by Gasteiger charge is -2.11. The fourth-order valence-electron chi connectivity index (χ4n) is 2.16. The Morgan fingerprint density at radius 1 is 1.24 bits per heavy atom. The van der Waals surface area contributed by atoms with Crippen LogP contribution in [0.5, 0.6) is 0 Å². The van der Waals surface area contributed by atoms with Gasteiger partial charge in [-0.3, -0.25) is 0 Å². The molecule has 0 saturated heterocycles. The maximum absolute atomic E-state index is 6.27. The number of halogens is 3. The van der Waals surface area contributed by atoms with Crippen molar-refractivity contribution in [3.8, 4) is 11.3 Å². The van der Waals surface area contributed by atoms with Crippen molar-refractivity contribution in [1.29, 1.82) is 0 Å². The molecule has 0 fully saturated rings. The van der Waals surface area contributed by atoms with Crippen molar-refractivity contribution >= 4 is 39.1 Å². The molecule has 5 heteroatoms. The molecule has 0 spiro atoms. The van der Waals surface area contributed by atoms with Crippen molar-refractivity contribution in [1.82, 2.24) is 5.32 Å². The molecular weight excluding hydrogens is 373 g/mol. The third kappa shape index (κ3) is 4.49. The highest BCUT2D eigenvalue weighted by Crippen LogP contribution is 2.38. The van der Waals surface area contributed by atoms with Crippen molar-refractivity contribution < 1.29 is 4.42 Å². The number of benzene rings is 1. The maximum Gasteiger partial charge on any atom is 0.137 e. The van der Waals surface area contributed by atoms with Gasteiger partial charge in [0, 0.05) is 16.9 Å². The first-order chi connectivity index (χ1) is 10.0. The van der Waals surface area contributed by atoms with Crippen LogP contribution in [-0.2, 0) is 6.42 Å². The predicted octanol–water partition coefficient (Wildman–Crippen LogP) is 5.95. The molecule has 2 nitrogen and oxygen atoms in total. The van der Waals surface area contributed by atoms with Crippen LogP contribution in [0.4, 0.5) is 0 Å². The van der Waals surface area contributed by atoms with Gasteiger partial charge in [0.2, 0.25) is 0 Å². The minimum absolute atomic E-state index is 0.375. The van der Waals surface area contributed by atoms with Crippen molar-refractivity contribution in [2.24, 2.45) is 0 Å². The van der Waals surface area contributed by atoms with Crippen LogP contribution in [-0.4, -0.2) is 12.6 Å². The van der Waals surface area contributed by atoms with E-state index in [1.807, 2.05) is 24.3 Å². The summed E-state index contributed by atoms with van der Waals surface area (Å²) in [4.78, 5) is 0. The van der Waals surface area contributed by atoms with Crippen LogP contribution >= 0.6 is 39.1 Å². The highest BCUT2D eigenvalue weighted by Gasteiger charge is 2.15. The summed E-state index contributed by atoms with van der Waals surface area (Å²) >= 11 is 15.9. The molecule has 0 amide bonds. The molecule has 1 aromatic carbocycles. The average Bonchev–Trinajstić information content (AvgIpc) is 2.83. The van der Waals surface area contributed by atoms with Crippen molar-refractivity contribution in [3.63, 3.8) is 0 Å². The second-order valence-corrected chi connectivity index (χ2v) is 6.80. The van der Waals surface area contributed by atoms with Crippen LogP contribution in [0, 0.1) is 0 Å². The molecule has 0 aliphatic carbocycles. The summed E-state index contributed by atoms with van der Waals surface area (Å²) in [5.74, 6) is 1.63. The lowest BCUT2D eigenvalue weighted by Crippen LogP contribution is -2.28. The summed E-state index contributed by atoms with van der Waals surface area (Å²) in [5, 5.41) is 4.59. The standard InChI is InChI=1S/C16H18BrCl2NO/c1-3-6-20-10(2)7-12-4-5-15(21-12)16-13(18)8-11(17)9-14(16)19/h4-5,8-10,20H,3,6-7H2,1-2H3. The zero-order chi connectivity index (χ0) is 15.4. The van der Waals surface area contributed by atoms with E-state index in [0.29, 0.717) is 21.8 Å². The SMILES string of the molecule is CCCNC(C)Cc1ccc(-c2c(Cl)cc(Br)cc2Cl)o1. The normalized spacial score (nSPS) is 12.6. The highest BCUT2D eigenvalue weighted by molar-refractivity contribution is 9.10. The van der Waals surface area contributed by atoms with Crippen LogP contribution in [0.15, 0.2) is 33.2 Å². The van der Waals surface area contributed by atoms with Gasteiger partial charge >= 0.3 is 0 Å². The van der Waals surface area contributed by atoms with Gasteiger partial charge in [-0.15, -0.1) is 0 Å². The Morgan fingerprint density at radius 3 is 2.52 bits per heavy atom. The van der Waals surface area contributed by atoms with E-state index < -0.39 is 0 Å². The van der Waals surface area contributed by atoms with Gasteiger partial charge in [-0.05, 0) is 44.2 Å². The summed E-state index contributed by atoms with van der Waals surface area (Å²) in [6.45, 7) is 5.32. The minimum Gasteiger partial charge on any atom is -0.461 e. The van der Waals surface area contributed by atoms with E-state index in [4.69, 9.17) is 27.6 Å². The van der Waals surface area contributed by atoms with Gasteiger partial charge in [-0.25, -0.2) is 0 Å². The third-order valence-corrected chi connectivity index (χ3v) is 4.22. The molecule has 1 N–H and O–H groups in total. The number of nitrogens with one attached hydrogen (secondary N) is 1. The Morgan fingerprint density at radius 2 is 1.90 bits per heavy atom. The van der Waals surface area contributed by atoms with Crippen LogP contribution in [0.2, 0.25) is 10.0 Å². The molecule has 0 radical (unpaired) electrons. The first-order valence-electron chi connectivity index (χ1n) is 6.98. The molecule has 1 unspecified atom stereocenters. The summed E-state index contributed by atoms with van der Waals surface area (Å²) in [6.07, 6.45) is 1.96. The molecule has 0 saturated carbocycles. The fraction of sp³-hybridized carbons (Fsp3) is 0.375. The third-order valence-electron chi connectivity index (χ3n) is 3.17. The van der Waals surface area contributed by atoms with Gasteiger partial charge < -0.3 is 9.73 Å². The lowest BCUT2D eigenvalue weighted by molar-refractivity contribution is 0.464. The monoisotopic (exact) mass is 389 g/mol. The van der Waals surface area contributed by atoms with Crippen molar-refractivity contribution in [2.45, 2.75) is 32.7 Å². The predicted molar refractivity (Wildman–Crippen MR) is 93.3 cm³/mol. The summed E-state index contributed by atoms with van der Waals surface area (Å²) in [7, 11) is 0. The molecule has 21 heavy (non-hydrogen) atoms. The van der Waals surface area contributed by atoms with E-state index in [0.717, 1.165) is 35.2 Å². The Bertz CT molecular complexity index is 589. The van der Waals surface area contributed by atoms with Gasteiger partial charge in [-0.1, -0.05) is 46.1 Å². The first-order valence-corrected chi connectivity index (χ1v) is 8.53. The van der Waals surface area contributed by atoms with Crippen LogP contribution in [0.3, 0.4) is 0 Å². The average molecular weight is 391 g/mol. The van der Waals surface area contributed by atoms with Crippen LogP contribution in [0.25, 0.3) is 11.3 Å². The van der Waals surface area contributed by atoms with Crippen molar-refractivity contribution in [2.75, 3.05) is 6.54 Å². The lowest BCUT2D eigenvalue weighted by atomic mass is 10.1. The van der Waals surface area contributed by atoms with Gasteiger partial charge in [0.1, 0.15) is 11.5 Å². The minimum atomic E-state index is 0.375. The van der Waals surface area contributed by atoms with Crippen LogP contribution in [0.1, 0.15) is 26.0 Å². The van der Waals surface area contributed by atoms with Crippen LogP contribution < -0.4 is 5.32 Å². The fourth-order valence-corrected chi connectivity index (χ4v) is 3.56. The Hall–Kier alpha value is -0.480. The van der Waals surface area contributed by atoms with E-state index in [2.05, 4.69) is 35.1 Å². The largest absolute Gasteiger partial charge is 0.461 e. The Kier molecular flexibility index (Phi) is 6.18. The molecule has 0 aliphatic rings. The summed E-state index contributed by atoms with van der Waals surface area (Å²) < 4.78 is 6.75. The van der Waals surface area contributed by atoms with Gasteiger partial charge in [0.25, 0.3) is 0 Å². The van der Waals surface area contributed by atoms with Gasteiger partial charge in [0.15, 0.2) is 0 Å². The first kappa shape index (κ1) is 16.9. The molecule has 114 valence electrons. The Balaban J connectivity index is 2.17. The van der Waals surface area contributed by atoms with Gasteiger partial charge in [0.05, 0.1) is 15.6 Å². The van der Waals surface area contributed by atoms with E-state index in [1.54, 1.807) is 0 Å². The van der Waals surface area contributed by atoms with Crippen molar-refractivity contribution in [3.05, 3.63) is 44.5 Å².